The van der Waals surface area contributed by atoms with Crippen molar-refractivity contribution in [3.63, 3.8) is 0 Å². The van der Waals surface area contributed by atoms with Crippen molar-refractivity contribution in [2.45, 2.75) is 30.8 Å². The van der Waals surface area contributed by atoms with Gasteiger partial charge in [0.1, 0.15) is 4.90 Å². The molecule has 108 valence electrons. The quantitative estimate of drug-likeness (QED) is 0.610. The van der Waals surface area contributed by atoms with Crippen LogP contribution in [0.2, 0.25) is 0 Å². The van der Waals surface area contributed by atoms with E-state index in [9.17, 15) is 13.2 Å². The molecular weight excluding hydrogens is 292 g/mol. The van der Waals surface area contributed by atoms with Crippen molar-refractivity contribution >= 4 is 28.5 Å². The number of carbonyl (C=O) groups is 1. The van der Waals surface area contributed by atoms with Crippen LogP contribution >= 0.6 is 12.4 Å². The maximum atomic E-state index is 11.7. The Bertz CT molecular complexity index is 531. The van der Waals surface area contributed by atoms with Gasteiger partial charge in [0, 0.05) is 6.42 Å². The summed E-state index contributed by atoms with van der Waals surface area (Å²) in [5.74, 6) is -0.864. The number of carbonyl (C=O) groups excluding carboxylic acids is 1. The summed E-state index contributed by atoms with van der Waals surface area (Å²) in [4.78, 5) is 11.3. The summed E-state index contributed by atoms with van der Waals surface area (Å²) in [5, 5.41) is 0. The highest BCUT2D eigenvalue weighted by Crippen LogP contribution is 2.14. The van der Waals surface area contributed by atoms with Crippen LogP contribution in [0.1, 0.15) is 18.4 Å². The molecule has 0 aromatic heterocycles. The van der Waals surface area contributed by atoms with E-state index in [1.807, 2.05) is 0 Å². The van der Waals surface area contributed by atoms with E-state index in [0.29, 0.717) is 0 Å². The predicted molar refractivity (Wildman–Crippen MR) is 73.1 cm³/mol. The smallest absolute Gasteiger partial charge is 0.341 e. The van der Waals surface area contributed by atoms with Gasteiger partial charge in [0.05, 0.1) is 6.17 Å². The van der Waals surface area contributed by atoms with Crippen molar-refractivity contribution in [3.8, 4) is 0 Å². The second-order valence-corrected chi connectivity index (χ2v) is 5.47. The van der Waals surface area contributed by atoms with Gasteiger partial charge in [-0.25, -0.2) is 0 Å². The molecule has 0 amide bonds. The van der Waals surface area contributed by atoms with Crippen molar-refractivity contribution in [1.29, 1.82) is 0 Å². The van der Waals surface area contributed by atoms with Gasteiger partial charge in [0.25, 0.3) is 0 Å². The summed E-state index contributed by atoms with van der Waals surface area (Å²) in [6.45, 7) is 1.74. The lowest BCUT2D eigenvalue weighted by Gasteiger charge is -2.07. The number of benzene rings is 1. The molecule has 0 aliphatic rings. The summed E-state index contributed by atoms with van der Waals surface area (Å²) in [6.07, 6.45) is -0.635. The lowest BCUT2D eigenvalue weighted by Crippen LogP contribution is -2.31. The van der Waals surface area contributed by atoms with Gasteiger partial charge >= 0.3 is 16.1 Å². The van der Waals surface area contributed by atoms with Crippen LogP contribution in [0.25, 0.3) is 0 Å². The SMILES string of the molecule is Cc1cccc(S(=O)(=O)OC(=O)CCC(N)N)c1.Cl. The molecule has 0 fully saturated rings. The van der Waals surface area contributed by atoms with E-state index in [-0.39, 0.29) is 30.1 Å². The highest BCUT2D eigenvalue weighted by Gasteiger charge is 2.20. The van der Waals surface area contributed by atoms with Gasteiger partial charge in [-0.15, -0.1) is 12.4 Å². The molecule has 0 aliphatic heterocycles. The fraction of sp³-hybridized carbons (Fsp3) is 0.364. The highest BCUT2D eigenvalue weighted by atomic mass is 35.5. The third kappa shape index (κ3) is 6.02. The Hall–Kier alpha value is -1.15. The molecule has 0 radical (unpaired) electrons. The van der Waals surface area contributed by atoms with Crippen LogP contribution in [-0.2, 0) is 19.1 Å². The molecule has 8 heteroatoms. The van der Waals surface area contributed by atoms with Crippen LogP contribution in [0.4, 0.5) is 0 Å². The molecule has 4 N–H and O–H groups in total. The van der Waals surface area contributed by atoms with Gasteiger partial charge in [0.15, 0.2) is 0 Å². The molecular formula is C11H17ClN2O4S. The summed E-state index contributed by atoms with van der Waals surface area (Å²) < 4.78 is 27.9. The summed E-state index contributed by atoms with van der Waals surface area (Å²) in [5.41, 5.74) is 11.3. The topological polar surface area (TPSA) is 112 Å². The van der Waals surface area contributed by atoms with Gasteiger partial charge in [0.2, 0.25) is 0 Å². The Labute approximate surface area is 118 Å². The van der Waals surface area contributed by atoms with Crippen LogP contribution in [-0.4, -0.2) is 20.6 Å². The molecule has 0 saturated heterocycles. The lowest BCUT2D eigenvalue weighted by molar-refractivity contribution is -0.134. The molecule has 6 nitrogen and oxygen atoms in total. The first-order chi connectivity index (χ1) is 8.31. The summed E-state index contributed by atoms with van der Waals surface area (Å²) in [7, 11) is -4.06. The molecule has 0 spiro atoms. The third-order valence-corrected chi connectivity index (χ3v) is 3.40. The molecule has 0 unspecified atom stereocenters. The van der Waals surface area contributed by atoms with E-state index in [0.717, 1.165) is 5.56 Å². The number of rotatable bonds is 5. The van der Waals surface area contributed by atoms with Gasteiger partial charge in [-0.05, 0) is 31.0 Å². The zero-order valence-corrected chi connectivity index (χ0v) is 12.0. The zero-order valence-electron chi connectivity index (χ0n) is 10.4. The van der Waals surface area contributed by atoms with Crippen molar-refractivity contribution < 1.29 is 17.4 Å². The lowest BCUT2D eigenvalue weighted by atomic mass is 10.2. The number of hydrogen-bond donors (Lipinski definition) is 2. The molecule has 1 rings (SSSR count). The highest BCUT2D eigenvalue weighted by molar-refractivity contribution is 7.87. The van der Waals surface area contributed by atoms with E-state index in [2.05, 4.69) is 4.18 Å². The number of hydrogen-bond acceptors (Lipinski definition) is 6. The van der Waals surface area contributed by atoms with E-state index < -0.39 is 22.3 Å². The van der Waals surface area contributed by atoms with Crippen molar-refractivity contribution in [1.82, 2.24) is 0 Å². The minimum atomic E-state index is -4.06. The van der Waals surface area contributed by atoms with Gasteiger partial charge in [-0.2, -0.15) is 8.42 Å². The Kier molecular flexibility index (Phi) is 6.99. The van der Waals surface area contributed by atoms with E-state index in [4.69, 9.17) is 11.5 Å². The van der Waals surface area contributed by atoms with Crippen molar-refractivity contribution in [2.75, 3.05) is 0 Å². The molecule has 0 heterocycles. The number of aryl methyl sites for hydroxylation is 1. The maximum absolute atomic E-state index is 11.7. The maximum Gasteiger partial charge on any atom is 0.341 e. The van der Waals surface area contributed by atoms with E-state index in [1.54, 1.807) is 19.1 Å². The third-order valence-electron chi connectivity index (χ3n) is 2.16. The molecule has 0 bridgehead atoms. The number of nitrogens with two attached hydrogens (primary N) is 2. The van der Waals surface area contributed by atoms with Crippen LogP contribution in [0.5, 0.6) is 0 Å². The summed E-state index contributed by atoms with van der Waals surface area (Å²) in [6, 6.07) is 6.11. The van der Waals surface area contributed by atoms with Crippen molar-refractivity contribution in [3.05, 3.63) is 29.8 Å². The Morgan fingerprint density at radius 2 is 2.00 bits per heavy atom. The molecule has 0 atom stereocenters. The largest absolute Gasteiger partial charge is 0.342 e. The van der Waals surface area contributed by atoms with E-state index >= 15 is 0 Å². The Morgan fingerprint density at radius 3 is 2.53 bits per heavy atom. The molecule has 19 heavy (non-hydrogen) atoms. The fourth-order valence-electron chi connectivity index (χ4n) is 1.27. The fourth-order valence-corrected chi connectivity index (χ4v) is 2.27. The standard InChI is InChI=1S/C11H16N2O4S.ClH/c1-8-3-2-4-9(7-8)18(15,16)17-11(14)6-5-10(12)13;/h2-4,7,10H,5-6,12-13H2,1H3;1H. The number of halogens is 1. The van der Waals surface area contributed by atoms with Crippen LogP contribution in [0, 0.1) is 6.92 Å². The average Bonchev–Trinajstić information content (AvgIpc) is 2.26. The predicted octanol–water partition coefficient (Wildman–Crippen LogP) is 0.672. The Balaban J connectivity index is 0.00000324. The summed E-state index contributed by atoms with van der Waals surface area (Å²) >= 11 is 0. The van der Waals surface area contributed by atoms with Crippen LogP contribution in [0.3, 0.4) is 0 Å². The zero-order chi connectivity index (χ0) is 13.8. The first kappa shape index (κ1) is 17.8. The molecule has 1 aromatic rings. The molecule has 0 saturated carbocycles. The first-order valence-electron chi connectivity index (χ1n) is 5.36. The minimum absolute atomic E-state index is 0. The normalized spacial score (nSPS) is 10.9. The first-order valence-corrected chi connectivity index (χ1v) is 6.77. The Morgan fingerprint density at radius 1 is 1.37 bits per heavy atom. The minimum Gasteiger partial charge on any atom is -0.342 e. The average molecular weight is 309 g/mol. The van der Waals surface area contributed by atoms with Gasteiger partial charge in [-0.1, -0.05) is 12.1 Å². The van der Waals surface area contributed by atoms with Gasteiger partial charge in [-0.3, -0.25) is 4.79 Å². The van der Waals surface area contributed by atoms with Gasteiger partial charge < -0.3 is 15.7 Å². The second kappa shape index (κ2) is 7.44. The second-order valence-electron chi connectivity index (χ2n) is 3.93. The van der Waals surface area contributed by atoms with Crippen molar-refractivity contribution in [2.24, 2.45) is 11.5 Å². The van der Waals surface area contributed by atoms with E-state index in [1.165, 1.54) is 12.1 Å². The van der Waals surface area contributed by atoms with Crippen LogP contribution in [0.15, 0.2) is 29.2 Å². The van der Waals surface area contributed by atoms with Crippen LogP contribution < -0.4 is 11.5 Å². The monoisotopic (exact) mass is 308 g/mol. The molecule has 1 aromatic carbocycles. The molecule has 0 aliphatic carbocycles.